The number of rotatable bonds is 34. The van der Waals surface area contributed by atoms with Crippen LogP contribution in [0.4, 0.5) is 0 Å². The van der Waals surface area contributed by atoms with Gasteiger partial charge < -0.3 is 9.47 Å². The van der Waals surface area contributed by atoms with Gasteiger partial charge in [-0.1, -0.05) is 181 Å². The molecule has 4 heteroatoms. The molecule has 0 aliphatic heterocycles. The van der Waals surface area contributed by atoms with E-state index >= 15 is 0 Å². The zero-order valence-electron chi connectivity index (χ0n) is 34.1. The Labute approximate surface area is 320 Å². The Balaban J connectivity index is 1.21. The monoisotopic (exact) mass is 715 g/mol. The maximum absolute atomic E-state index is 6.07. The normalized spacial score (nSPS) is 11.4. The summed E-state index contributed by atoms with van der Waals surface area (Å²) in [5.74, 6) is 1.89. The summed E-state index contributed by atoms with van der Waals surface area (Å²) in [6, 6.07) is 19.1. The van der Waals surface area contributed by atoms with E-state index in [2.05, 4.69) is 68.4 Å². The van der Waals surface area contributed by atoms with Crippen molar-refractivity contribution < 1.29 is 9.47 Å². The van der Waals surface area contributed by atoms with Gasteiger partial charge in [-0.25, -0.2) is 0 Å². The lowest BCUT2D eigenvalue weighted by Gasteiger charge is -2.08. The van der Waals surface area contributed by atoms with Gasteiger partial charge in [0, 0.05) is 18.2 Å². The third-order valence-electron chi connectivity index (χ3n) is 10.7. The highest BCUT2D eigenvalue weighted by Crippen LogP contribution is 2.28. The van der Waals surface area contributed by atoms with Crippen molar-refractivity contribution in [1.29, 1.82) is 0 Å². The lowest BCUT2D eigenvalue weighted by Crippen LogP contribution is -1.98. The minimum Gasteiger partial charge on any atom is -0.494 e. The van der Waals surface area contributed by atoms with Crippen molar-refractivity contribution >= 4 is 0 Å². The van der Waals surface area contributed by atoms with Crippen molar-refractivity contribution in [1.82, 2.24) is 9.78 Å². The molecule has 0 saturated carbocycles. The second kappa shape index (κ2) is 29.7. The second-order valence-electron chi connectivity index (χ2n) is 15.5. The Kier molecular flexibility index (Phi) is 24.9. The summed E-state index contributed by atoms with van der Waals surface area (Å²) in [5, 5.41) is 4.82. The van der Waals surface area contributed by atoms with Gasteiger partial charge in [0.15, 0.2) is 0 Å². The van der Waals surface area contributed by atoms with E-state index in [9.17, 15) is 0 Å². The number of aryl methyl sites for hydroxylation is 1. The molecule has 52 heavy (non-hydrogen) atoms. The van der Waals surface area contributed by atoms with E-state index in [4.69, 9.17) is 14.6 Å². The predicted molar refractivity (Wildman–Crippen MR) is 226 cm³/mol. The van der Waals surface area contributed by atoms with Crippen LogP contribution in [0.3, 0.4) is 0 Å². The van der Waals surface area contributed by atoms with Crippen LogP contribution in [0.25, 0.3) is 22.5 Å². The Morgan fingerprint density at radius 1 is 0.404 bits per heavy atom. The van der Waals surface area contributed by atoms with Crippen LogP contribution in [0, 0.1) is 0 Å². The van der Waals surface area contributed by atoms with Crippen molar-refractivity contribution in [3.8, 4) is 34.0 Å². The molecular formula is C48H78N2O2. The first-order chi connectivity index (χ1) is 25.7. The highest BCUT2D eigenvalue weighted by Gasteiger charge is 2.10. The zero-order valence-corrected chi connectivity index (χ0v) is 34.1. The van der Waals surface area contributed by atoms with Crippen molar-refractivity contribution in [3.63, 3.8) is 0 Å². The summed E-state index contributed by atoms with van der Waals surface area (Å²) in [7, 11) is 2.02. The molecule has 0 amide bonds. The van der Waals surface area contributed by atoms with Crippen LogP contribution < -0.4 is 9.47 Å². The van der Waals surface area contributed by atoms with Gasteiger partial charge in [0.1, 0.15) is 11.5 Å². The van der Waals surface area contributed by atoms with Crippen LogP contribution >= 0.6 is 0 Å². The SMILES string of the molecule is CCCCCCCCCCCCCCCCOc1ccc(-c2cc(-c3ccc(OCCCCCCCCCCCCCCCC)cc3)n(C)n2)cc1. The number of benzene rings is 2. The van der Waals surface area contributed by atoms with Crippen molar-refractivity contribution in [3.05, 3.63) is 54.6 Å². The van der Waals surface area contributed by atoms with Gasteiger partial charge in [0.2, 0.25) is 0 Å². The van der Waals surface area contributed by atoms with Crippen molar-refractivity contribution in [2.75, 3.05) is 13.2 Å². The lowest BCUT2D eigenvalue weighted by atomic mass is 10.0. The van der Waals surface area contributed by atoms with Crippen LogP contribution in [-0.2, 0) is 7.05 Å². The van der Waals surface area contributed by atoms with Crippen LogP contribution in [-0.4, -0.2) is 23.0 Å². The molecule has 0 unspecified atom stereocenters. The van der Waals surface area contributed by atoms with E-state index in [0.717, 1.165) is 60.1 Å². The maximum atomic E-state index is 6.07. The number of ether oxygens (including phenoxy) is 2. The molecule has 0 aliphatic carbocycles. The van der Waals surface area contributed by atoms with E-state index in [1.54, 1.807) is 0 Å². The molecule has 292 valence electrons. The Hall–Kier alpha value is -2.75. The van der Waals surface area contributed by atoms with Gasteiger partial charge in [-0.3, -0.25) is 4.68 Å². The molecule has 0 N–H and O–H groups in total. The molecule has 0 saturated heterocycles. The van der Waals surface area contributed by atoms with Gasteiger partial charge in [-0.15, -0.1) is 0 Å². The summed E-state index contributed by atoms with van der Waals surface area (Å²) in [6.07, 6.45) is 38.6. The van der Waals surface area contributed by atoms with Crippen LogP contribution in [0.15, 0.2) is 54.6 Å². The fraction of sp³-hybridized carbons (Fsp3) is 0.688. The Morgan fingerprint density at radius 3 is 1.06 bits per heavy atom. The standard InChI is InChI=1S/C48H78N2O2/c1-4-6-8-10-12-14-16-18-20-22-24-26-28-30-40-51-45-36-32-43(33-37-45)47-42-48(50(3)49-47)44-34-38-46(39-35-44)52-41-31-29-27-25-23-21-19-17-15-13-11-9-7-5-2/h32-39,42H,4-31,40-41H2,1-3H3. The van der Waals surface area contributed by atoms with Crippen LogP contribution in [0.2, 0.25) is 0 Å². The molecule has 0 fully saturated rings. The number of hydrogen-bond acceptors (Lipinski definition) is 3. The average Bonchev–Trinajstić information content (AvgIpc) is 3.56. The summed E-state index contributed by atoms with van der Waals surface area (Å²) in [5.41, 5.74) is 4.35. The highest BCUT2D eigenvalue weighted by molar-refractivity contribution is 5.69. The number of hydrogen-bond donors (Lipinski definition) is 0. The molecule has 0 atom stereocenters. The minimum absolute atomic E-state index is 0.796. The second-order valence-corrected chi connectivity index (χ2v) is 15.5. The Morgan fingerprint density at radius 2 is 0.712 bits per heavy atom. The molecule has 4 nitrogen and oxygen atoms in total. The zero-order chi connectivity index (χ0) is 36.7. The van der Waals surface area contributed by atoms with E-state index in [1.165, 1.54) is 167 Å². The minimum atomic E-state index is 0.796. The number of aromatic nitrogens is 2. The van der Waals surface area contributed by atoms with E-state index in [-0.39, 0.29) is 0 Å². The third kappa shape index (κ3) is 19.9. The van der Waals surface area contributed by atoms with E-state index in [1.807, 2.05) is 11.7 Å². The first-order valence-electron chi connectivity index (χ1n) is 22.2. The molecule has 0 spiro atoms. The summed E-state index contributed by atoms with van der Waals surface area (Å²) < 4.78 is 14.1. The maximum Gasteiger partial charge on any atom is 0.119 e. The smallest absolute Gasteiger partial charge is 0.119 e. The fourth-order valence-electron chi connectivity index (χ4n) is 7.30. The molecule has 0 aliphatic rings. The largest absolute Gasteiger partial charge is 0.494 e. The summed E-state index contributed by atoms with van der Waals surface area (Å²) in [6.45, 7) is 6.18. The molecule has 1 aromatic heterocycles. The first kappa shape index (κ1) is 43.7. The predicted octanol–water partition coefficient (Wildman–Crippen LogP) is 15.5. The first-order valence-corrected chi connectivity index (χ1v) is 22.2. The highest BCUT2D eigenvalue weighted by atomic mass is 16.5. The van der Waals surface area contributed by atoms with Crippen LogP contribution in [0.1, 0.15) is 194 Å². The van der Waals surface area contributed by atoms with Crippen LogP contribution in [0.5, 0.6) is 11.5 Å². The molecule has 3 rings (SSSR count). The van der Waals surface area contributed by atoms with Gasteiger partial charge in [-0.2, -0.15) is 5.10 Å². The van der Waals surface area contributed by atoms with Crippen molar-refractivity contribution in [2.45, 2.75) is 194 Å². The topological polar surface area (TPSA) is 36.3 Å². The quantitative estimate of drug-likeness (QED) is 0.0578. The summed E-state index contributed by atoms with van der Waals surface area (Å²) in [4.78, 5) is 0. The third-order valence-corrected chi connectivity index (χ3v) is 10.7. The lowest BCUT2D eigenvalue weighted by molar-refractivity contribution is 0.304. The molecule has 1 heterocycles. The molecule has 0 bridgehead atoms. The van der Waals surface area contributed by atoms with E-state index < -0.39 is 0 Å². The summed E-state index contributed by atoms with van der Waals surface area (Å²) >= 11 is 0. The van der Waals surface area contributed by atoms with Gasteiger partial charge in [0.25, 0.3) is 0 Å². The van der Waals surface area contributed by atoms with E-state index in [0.29, 0.717) is 0 Å². The van der Waals surface area contributed by atoms with Gasteiger partial charge in [-0.05, 0) is 67.4 Å². The molecular weight excluding hydrogens is 637 g/mol. The van der Waals surface area contributed by atoms with Crippen molar-refractivity contribution in [2.24, 2.45) is 7.05 Å². The average molecular weight is 715 g/mol. The molecule has 3 aromatic rings. The van der Waals surface area contributed by atoms with Gasteiger partial charge >= 0.3 is 0 Å². The Bertz CT molecular complexity index is 1230. The number of nitrogens with zero attached hydrogens (tertiary/aromatic N) is 2. The fourth-order valence-corrected chi connectivity index (χ4v) is 7.30. The molecule has 0 radical (unpaired) electrons. The molecule has 2 aromatic carbocycles. The number of unbranched alkanes of at least 4 members (excludes halogenated alkanes) is 26. The van der Waals surface area contributed by atoms with Gasteiger partial charge in [0.05, 0.1) is 24.6 Å².